The Morgan fingerprint density at radius 3 is 2.76 bits per heavy atom. The standard InChI is InChI=1S/C23H17Cl2N3O/c1-15-5-9-22-27-21(14-28(22)13-15)17-3-2-4-19(11-17)26-23(29)10-7-16-6-8-18(24)12-20(16)25/h2-14H,1H3,(H,26,29)/b10-7+. The Labute approximate surface area is 178 Å². The fourth-order valence-electron chi connectivity index (χ4n) is 2.98. The summed E-state index contributed by atoms with van der Waals surface area (Å²) in [5.41, 5.74) is 5.22. The van der Waals surface area contributed by atoms with E-state index in [0.717, 1.165) is 28.0 Å². The summed E-state index contributed by atoms with van der Waals surface area (Å²) < 4.78 is 1.99. The number of carbonyl (C=O) groups is 1. The summed E-state index contributed by atoms with van der Waals surface area (Å²) in [7, 11) is 0. The summed E-state index contributed by atoms with van der Waals surface area (Å²) in [5.74, 6) is -0.251. The van der Waals surface area contributed by atoms with Gasteiger partial charge in [-0.25, -0.2) is 4.98 Å². The number of benzene rings is 2. The largest absolute Gasteiger partial charge is 0.322 e. The number of hydrogen-bond acceptors (Lipinski definition) is 2. The molecule has 4 aromatic rings. The van der Waals surface area contributed by atoms with Gasteiger partial charge in [-0.15, -0.1) is 0 Å². The maximum atomic E-state index is 12.3. The minimum absolute atomic E-state index is 0.251. The van der Waals surface area contributed by atoms with E-state index in [0.29, 0.717) is 15.7 Å². The average Bonchev–Trinajstić information content (AvgIpc) is 3.11. The third kappa shape index (κ3) is 4.50. The summed E-state index contributed by atoms with van der Waals surface area (Å²) in [6.45, 7) is 2.04. The van der Waals surface area contributed by atoms with E-state index in [4.69, 9.17) is 23.2 Å². The summed E-state index contributed by atoms with van der Waals surface area (Å²) >= 11 is 12.0. The van der Waals surface area contributed by atoms with Gasteiger partial charge in [-0.2, -0.15) is 0 Å². The van der Waals surface area contributed by atoms with E-state index in [-0.39, 0.29) is 5.91 Å². The second kappa shape index (κ2) is 8.11. The number of nitrogens with one attached hydrogen (secondary N) is 1. The lowest BCUT2D eigenvalue weighted by Gasteiger charge is -2.04. The minimum Gasteiger partial charge on any atom is -0.322 e. The van der Waals surface area contributed by atoms with Crippen LogP contribution in [0.15, 0.2) is 73.1 Å². The Kier molecular flexibility index (Phi) is 5.38. The molecule has 6 heteroatoms. The number of halogens is 2. The number of aromatic nitrogens is 2. The van der Waals surface area contributed by atoms with Crippen molar-refractivity contribution in [1.82, 2.24) is 9.38 Å². The summed E-state index contributed by atoms with van der Waals surface area (Å²) in [5, 5.41) is 3.91. The number of imidazole rings is 1. The predicted molar refractivity (Wildman–Crippen MR) is 119 cm³/mol. The number of nitrogens with zero attached hydrogens (tertiary/aromatic N) is 2. The average molecular weight is 422 g/mol. The highest BCUT2D eigenvalue weighted by atomic mass is 35.5. The molecular formula is C23H17Cl2N3O. The van der Waals surface area contributed by atoms with Crippen molar-refractivity contribution in [3.63, 3.8) is 0 Å². The van der Waals surface area contributed by atoms with E-state index in [2.05, 4.69) is 10.3 Å². The maximum absolute atomic E-state index is 12.3. The predicted octanol–water partition coefficient (Wildman–Crippen LogP) is 6.27. The van der Waals surface area contributed by atoms with Crippen LogP contribution in [0.1, 0.15) is 11.1 Å². The zero-order valence-electron chi connectivity index (χ0n) is 15.6. The molecule has 0 atom stereocenters. The van der Waals surface area contributed by atoms with Crippen LogP contribution in [0, 0.1) is 6.92 Å². The number of fused-ring (bicyclic) bond motifs is 1. The van der Waals surface area contributed by atoms with E-state index < -0.39 is 0 Å². The van der Waals surface area contributed by atoms with Gasteiger partial charge < -0.3 is 9.72 Å². The number of aryl methyl sites for hydroxylation is 1. The van der Waals surface area contributed by atoms with Crippen LogP contribution in [0.25, 0.3) is 23.0 Å². The Bertz CT molecular complexity index is 1240. The van der Waals surface area contributed by atoms with Crippen molar-refractivity contribution in [3.8, 4) is 11.3 Å². The molecule has 0 radical (unpaired) electrons. The number of hydrogen-bond donors (Lipinski definition) is 1. The van der Waals surface area contributed by atoms with Crippen LogP contribution in [0.2, 0.25) is 10.0 Å². The van der Waals surface area contributed by atoms with Crippen LogP contribution in [-0.2, 0) is 4.79 Å². The molecule has 0 bridgehead atoms. The van der Waals surface area contributed by atoms with E-state index in [1.807, 2.05) is 60.1 Å². The van der Waals surface area contributed by atoms with Crippen LogP contribution in [0.5, 0.6) is 0 Å². The molecule has 0 saturated heterocycles. The van der Waals surface area contributed by atoms with Gasteiger partial charge in [0, 0.05) is 39.8 Å². The summed E-state index contributed by atoms with van der Waals surface area (Å²) in [6.07, 6.45) is 7.10. The first-order valence-electron chi connectivity index (χ1n) is 8.98. The third-order valence-electron chi connectivity index (χ3n) is 4.40. The molecule has 0 fully saturated rings. The number of carbonyl (C=O) groups excluding carboxylic acids is 1. The van der Waals surface area contributed by atoms with E-state index >= 15 is 0 Å². The zero-order chi connectivity index (χ0) is 20.4. The molecule has 1 N–H and O–H groups in total. The van der Waals surface area contributed by atoms with Gasteiger partial charge in [0.2, 0.25) is 5.91 Å². The highest BCUT2D eigenvalue weighted by Crippen LogP contribution is 2.24. The van der Waals surface area contributed by atoms with Crippen molar-refractivity contribution in [2.24, 2.45) is 0 Å². The number of amides is 1. The number of anilines is 1. The summed E-state index contributed by atoms with van der Waals surface area (Å²) in [4.78, 5) is 17.0. The van der Waals surface area contributed by atoms with Gasteiger partial charge in [0.25, 0.3) is 0 Å². The molecule has 0 saturated carbocycles. The topological polar surface area (TPSA) is 46.4 Å². The van der Waals surface area contributed by atoms with Crippen LogP contribution in [0.4, 0.5) is 5.69 Å². The molecule has 4 nitrogen and oxygen atoms in total. The Morgan fingerprint density at radius 2 is 1.93 bits per heavy atom. The Hall–Kier alpha value is -3.08. The van der Waals surface area contributed by atoms with Crippen molar-refractivity contribution in [1.29, 1.82) is 0 Å². The van der Waals surface area contributed by atoms with Crippen molar-refractivity contribution in [2.45, 2.75) is 6.92 Å². The molecular weight excluding hydrogens is 405 g/mol. The molecule has 0 aliphatic rings. The Morgan fingerprint density at radius 1 is 1.07 bits per heavy atom. The van der Waals surface area contributed by atoms with Crippen LogP contribution in [0.3, 0.4) is 0 Å². The molecule has 2 aromatic heterocycles. The number of rotatable bonds is 4. The fraction of sp³-hybridized carbons (Fsp3) is 0.0435. The molecule has 0 aliphatic carbocycles. The van der Waals surface area contributed by atoms with Gasteiger partial charge in [-0.3, -0.25) is 4.79 Å². The molecule has 1 amide bonds. The van der Waals surface area contributed by atoms with Crippen molar-refractivity contribution in [3.05, 3.63) is 94.2 Å². The normalized spacial score (nSPS) is 11.3. The van der Waals surface area contributed by atoms with Gasteiger partial charge in [-0.1, -0.05) is 47.5 Å². The zero-order valence-corrected chi connectivity index (χ0v) is 17.1. The summed E-state index contributed by atoms with van der Waals surface area (Å²) in [6, 6.07) is 16.7. The highest BCUT2D eigenvalue weighted by molar-refractivity contribution is 6.35. The van der Waals surface area contributed by atoms with Gasteiger partial charge >= 0.3 is 0 Å². The van der Waals surface area contributed by atoms with Gasteiger partial charge in [0.15, 0.2) is 0 Å². The lowest BCUT2D eigenvalue weighted by Crippen LogP contribution is -2.07. The monoisotopic (exact) mass is 421 g/mol. The first-order chi connectivity index (χ1) is 14.0. The van der Waals surface area contributed by atoms with Gasteiger partial charge in [0.05, 0.1) is 5.69 Å². The van der Waals surface area contributed by atoms with Gasteiger partial charge in [-0.05, 0) is 54.5 Å². The smallest absolute Gasteiger partial charge is 0.248 e. The molecule has 144 valence electrons. The highest BCUT2D eigenvalue weighted by Gasteiger charge is 2.07. The van der Waals surface area contributed by atoms with E-state index in [1.54, 1.807) is 24.3 Å². The molecule has 4 rings (SSSR count). The van der Waals surface area contributed by atoms with Crippen LogP contribution in [-0.4, -0.2) is 15.3 Å². The van der Waals surface area contributed by atoms with Crippen molar-refractivity contribution >= 4 is 46.5 Å². The van der Waals surface area contributed by atoms with E-state index in [1.165, 1.54) is 6.08 Å². The van der Waals surface area contributed by atoms with Crippen LogP contribution < -0.4 is 5.32 Å². The third-order valence-corrected chi connectivity index (χ3v) is 4.96. The molecule has 2 aromatic carbocycles. The molecule has 0 spiro atoms. The molecule has 0 aliphatic heterocycles. The fourth-order valence-corrected chi connectivity index (χ4v) is 3.46. The lowest BCUT2D eigenvalue weighted by molar-refractivity contribution is -0.111. The molecule has 0 unspecified atom stereocenters. The van der Waals surface area contributed by atoms with Crippen molar-refractivity contribution in [2.75, 3.05) is 5.32 Å². The van der Waals surface area contributed by atoms with E-state index in [9.17, 15) is 4.79 Å². The molecule has 29 heavy (non-hydrogen) atoms. The molecule has 2 heterocycles. The maximum Gasteiger partial charge on any atom is 0.248 e. The first kappa shape index (κ1) is 19.2. The second-order valence-electron chi connectivity index (χ2n) is 6.67. The minimum atomic E-state index is -0.251. The Balaban J connectivity index is 1.52. The van der Waals surface area contributed by atoms with Gasteiger partial charge in [0.1, 0.15) is 5.65 Å². The first-order valence-corrected chi connectivity index (χ1v) is 9.73. The van der Waals surface area contributed by atoms with Crippen LogP contribution >= 0.6 is 23.2 Å². The lowest BCUT2D eigenvalue weighted by atomic mass is 10.1. The number of pyridine rings is 1. The van der Waals surface area contributed by atoms with Crippen molar-refractivity contribution < 1.29 is 4.79 Å². The second-order valence-corrected chi connectivity index (χ2v) is 7.51. The quantitative estimate of drug-likeness (QED) is 0.394. The SMILES string of the molecule is Cc1ccc2nc(-c3cccc(NC(=O)/C=C/c4ccc(Cl)cc4Cl)c3)cn2c1.